The standard InChI is InChI=1S/C17H20ClNO2/c1-2-13-11-16(7-8-17(13)18)21-10-4-9-20-15-6-3-5-14(19)12-15/h3,5-8,11-12H,2,4,9-10,19H2,1H3. The van der Waals surface area contributed by atoms with Gasteiger partial charge in [0.1, 0.15) is 11.5 Å². The minimum Gasteiger partial charge on any atom is -0.493 e. The Morgan fingerprint density at radius 2 is 1.71 bits per heavy atom. The van der Waals surface area contributed by atoms with Gasteiger partial charge in [0.05, 0.1) is 13.2 Å². The Kier molecular flexibility index (Phi) is 5.76. The van der Waals surface area contributed by atoms with Crippen LogP contribution in [-0.4, -0.2) is 13.2 Å². The van der Waals surface area contributed by atoms with Gasteiger partial charge < -0.3 is 15.2 Å². The zero-order valence-electron chi connectivity index (χ0n) is 12.1. The average molecular weight is 306 g/mol. The topological polar surface area (TPSA) is 44.5 Å². The summed E-state index contributed by atoms with van der Waals surface area (Å²) in [4.78, 5) is 0. The fourth-order valence-corrected chi connectivity index (χ4v) is 2.21. The van der Waals surface area contributed by atoms with E-state index in [1.165, 1.54) is 0 Å². The van der Waals surface area contributed by atoms with Gasteiger partial charge in [-0.25, -0.2) is 0 Å². The molecule has 0 saturated heterocycles. The zero-order chi connectivity index (χ0) is 15.1. The van der Waals surface area contributed by atoms with E-state index >= 15 is 0 Å². The van der Waals surface area contributed by atoms with Gasteiger partial charge in [-0.15, -0.1) is 0 Å². The molecule has 3 nitrogen and oxygen atoms in total. The maximum atomic E-state index is 6.07. The summed E-state index contributed by atoms with van der Waals surface area (Å²) in [7, 11) is 0. The smallest absolute Gasteiger partial charge is 0.121 e. The number of benzene rings is 2. The second-order valence-electron chi connectivity index (χ2n) is 4.73. The van der Waals surface area contributed by atoms with Crippen LogP contribution < -0.4 is 15.2 Å². The molecule has 2 rings (SSSR count). The van der Waals surface area contributed by atoms with Gasteiger partial charge in [-0.2, -0.15) is 0 Å². The molecule has 2 aromatic carbocycles. The molecule has 0 atom stereocenters. The second-order valence-corrected chi connectivity index (χ2v) is 5.14. The second kappa shape index (κ2) is 7.79. The molecule has 2 aromatic rings. The normalized spacial score (nSPS) is 10.4. The molecule has 0 fully saturated rings. The zero-order valence-corrected chi connectivity index (χ0v) is 12.9. The maximum absolute atomic E-state index is 6.07. The highest BCUT2D eigenvalue weighted by atomic mass is 35.5. The SMILES string of the molecule is CCc1cc(OCCCOc2cccc(N)c2)ccc1Cl. The van der Waals surface area contributed by atoms with E-state index < -0.39 is 0 Å². The van der Waals surface area contributed by atoms with Crippen LogP contribution in [0.3, 0.4) is 0 Å². The summed E-state index contributed by atoms with van der Waals surface area (Å²) < 4.78 is 11.3. The molecule has 4 heteroatoms. The highest BCUT2D eigenvalue weighted by Gasteiger charge is 2.01. The first kappa shape index (κ1) is 15.5. The monoisotopic (exact) mass is 305 g/mol. The van der Waals surface area contributed by atoms with Crippen LogP contribution in [0, 0.1) is 0 Å². The van der Waals surface area contributed by atoms with Crippen molar-refractivity contribution in [3.05, 3.63) is 53.1 Å². The summed E-state index contributed by atoms with van der Waals surface area (Å²) in [6.45, 7) is 3.27. The van der Waals surface area contributed by atoms with Crippen LogP contribution in [-0.2, 0) is 6.42 Å². The largest absolute Gasteiger partial charge is 0.493 e. The van der Waals surface area contributed by atoms with Crippen molar-refractivity contribution in [1.82, 2.24) is 0 Å². The predicted octanol–water partition coefficient (Wildman–Crippen LogP) is 4.33. The Morgan fingerprint density at radius 3 is 2.38 bits per heavy atom. The van der Waals surface area contributed by atoms with Gasteiger partial charge in [-0.3, -0.25) is 0 Å². The summed E-state index contributed by atoms with van der Waals surface area (Å²) in [5.74, 6) is 1.63. The predicted molar refractivity (Wildman–Crippen MR) is 87.3 cm³/mol. The number of aryl methyl sites for hydroxylation is 1. The number of hydrogen-bond donors (Lipinski definition) is 1. The van der Waals surface area contributed by atoms with Crippen molar-refractivity contribution in [2.75, 3.05) is 18.9 Å². The fraction of sp³-hybridized carbons (Fsp3) is 0.294. The Labute approximate surface area is 130 Å². The number of nitrogen functional groups attached to an aromatic ring is 1. The molecule has 0 aliphatic heterocycles. The quantitative estimate of drug-likeness (QED) is 0.611. The first-order valence-corrected chi connectivity index (χ1v) is 7.46. The average Bonchev–Trinajstić information content (AvgIpc) is 2.48. The van der Waals surface area contributed by atoms with Crippen molar-refractivity contribution >= 4 is 17.3 Å². The van der Waals surface area contributed by atoms with Gasteiger partial charge >= 0.3 is 0 Å². The highest BCUT2D eigenvalue weighted by Crippen LogP contribution is 2.22. The molecule has 0 bridgehead atoms. The number of hydrogen-bond acceptors (Lipinski definition) is 3. The van der Waals surface area contributed by atoms with Crippen LogP contribution in [0.25, 0.3) is 0 Å². The Bertz CT molecular complexity index is 587. The van der Waals surface area contributed by atoms with Gasteiger partial charge in [0.2, 0.25) is 0 Å². The number of anilines is 1. The summed E-state index contributed by atoms with van der Waals surface area (Å²) >= 11 is 6.07. The van der Waals surface area contributed by atoms with E-state index in [4.69, 9.17) is 26.8 Å². The summed E-state index contributed by atoms with van der Waals surface area (Å²) in [5.41, 5.74) is 7.50. The van der Waals surface area contributed by atoms with Crippen LogP contribution in [0.4, 0.5) is 5.69 Å². The van der Waals surface area contributed by atoms with Crippen molar-refractivity contribution in [2.45, 2.75) is 19.8 Å². The van der Waals surface area contributed by atoms with E-state index in [2.05, 4.69) is 6.92 Å². The summed E-state index contributed by atoms with van der Waals surface area (Å²) in [6, 6.07) is 13.2. The fourth-order valence-electron chi connectivity index (χ4n) is 1.96. The third-order valence-electron chi connectivity index (χ3n) is 3.08. The van der Waals surface area contributed by atoms with E-state index in [0.29, 0.717) is 18.9 Å². The van der Waals surface area contributed by atoms with E-state index in [1.54, 1.807) is 0 Å². The molecular weight excluding hydrogens is 286 g/mol. The molecule has 2 N–H and O–H groups in total. The first-order valence-electron chi connectivity index (χ1n) is 7.08. The van der Waals surface area contributed by atoms with Crippen LogP contribution in [0.5, 0.6) is 11.5 Å². The molecular formula is C17H20ClNO2. The molecule has 0 aliphatic rings. The lowest BCUT2D eigenvalue weighted by Crippen LogP contribution is -2.05. The molecule has 0 unspecified atom stereocenters. The van der Waals surface area contributed by atoms with Crippen molar-refractivity contribution in [3.8, 4) is 11.5 Å². The van der Waals surface area contributed by atoms with Crippen LogP contribution in [0.1, 0.15) is 18.9 Å². The third-order valence-corrected chi connectivity index (χ3v) is 3.45. The van der Waals surface area contributed by atoms with Gasteiger partial charge in [0, 0.05) is 23.2 Å². The third kappa shape index (κ3) is 4.87. The number of halogens is 1. The van der Waals surface area contributed by atoms with Gasteiger partial charge in [-0.1, -0.05) is 24.6 Å². The number of rotatable bonds is 7. The summed E-state index contributed by atoms with van der Waals surface area (Å²) in [6.07, 6.45) is 1.70. The maximum Gasteiger partial charge on any atom is 0.121 e. The van der Waals surface area contributed by atoms with Crippen molar-refractivity contribution in [2.24, 2.45) is 0 Å². The van der Waals surface area contributed by atoms with E-state index in [-0.39, 0.29) is 0 Å². The van der Waals surface area contributed by atoms with Crippen molar-refractivity contribution < 1.29 is 9.47 Å². The van der Waals surface area contributed by atoms with E-state index in [9.17, 15) is 0 Å². The van der Waals surface area contributed by atoms with Gasteiger partial charge in [0.25, 0.3) is 0 Å². The Hall–Kier alpha value is -1.87. The molecule has 0 radical (unpaired) electrons. The van der Waals surface area contributed by atoms with Crippen LogP contribution in [0.2, 0.25) is 5.02 Å². The van der Waals surface area contributed by atoms with E-state index in [1.807, 2.05) is 42.5 Å². The molecule has 0 spiro atoms. The lowest BCUT2D eigenvalue weighted by molar-refractivity contribution is 0.247. The molecule has 21 heavy (non-hydrogen) atoms. The first-order chi connectivity index (χ1) is 10.2. The van der Waals surface area contributed by atoms with Gasteiger partial charge in [-0.05, 0) is 42.3 Å². The molecule has 0 aliphatic carbocycles. The van der Waals surface area contributed by atoms with Crippen LogP contribution in [0.15, 0.2) is 42.5 Å². The Balaban J connectivity index is 1.72. The minimum absolute atomic E-state index is 0.595. The van der Waals surface area contributed by atoms with Crippen molar-refractivity contribution in [3.63, 3.8) is 0 Å². The lowest BCUT2D eigenvalue weighted by Gasteiger charge is -2.10. The molecule has 112 valence electrons. The summed E-state index contributed by atoms with van der Waals surface area (Å²) in [5, 5.41) is 0.787. The number of ether oxygens (including phenoxy) is 2. The molecule has 0 saturated carbocycles. The molecule has 0 aromatic heterocycles. The molecule has 0 amide bonds. The van der Waals surface area contributed by atoms with Crippen molar-refractivity contribution in [1.29, 1.82) is 0 Å². The minimum atomic E-state index is 0.595. The van der Waals surface area contributed by atoms with E-state index in [0.717, 1.165) is 34.9 Å². The number of nitrogens with two attached hydrogens (primary N) is 1. The Morgan fingerprint density at radius 1 is 1.00 bits per heavy atom. The van der Waals surface area contributed by atoms with Crippen LogP contribution >= 0.6 is 11.6 Å². The van der Waals surface area contributed by atoms with Gasteiger partial charge in [0.15, 0.2) is 0 Å². The molecule has 0 heterocycles. The highest BCUT2D eigenvalue weighted by molar-refractivity contribution is 6.31. The lowest BCUT2D eigenvalue weighted by atomic mass is 10.1.